The van der Waals surface area contributed by atoms with Crippen molar-refractivity contribution < 1.29 is 0 Å². The number of hydrogen-bond donors (Lipinski definition) is 0. The van der Waals surface area contributed by atoms with Gasteiger partial charge in [0.05, 0.1) is 0 Å². The van der Waals surface area contributed by atoms with Gasteiger partial charge >= 0.3 is 0 Å². The maximum Gasteiger partial charge on any atom is 0.0291 e. The molecule has 0 unspecified atom stereocenters. The molecule has 0 aliphatic heterocycles. The van der Waals surface area contributed by atoms with Gasteiger partial charge in [-0.05, 0) is 23.1 Å². The number of benzene rings is 2. The lowest BCUT2D eigenvalue weighted by Crippen LogP contribution is -1.75. The van der Waals surface area contributed by atoms with Crippen molar-refractivity contribution in [1.82, 2.24) is 0 Å². The van der Waals surface area contributed by atoms with Gasteiger partial charge in [-0.25, -0.2) is 0 Å². The molecular formula is C16H16S3. The Kier molecular flexibility index (Phi) is 7.07. The molecule has 19 heavy (non-hydrogen) atoms. The molecule has 0 bridgehead atoms. The van der Waals surface area contributed by atoms with Crippen LogP contribution < -0.4 is 0 Å². The van der Waals surface area contributed by atoms with E-state index >= 15 is 0 Å². The highest BCUT2D eigenvalue weighted by molar-refractivity contribution is 8.77. The second kappa shape index (κ2) is 9.18. The molecule has 0 atom stereocenters. The summed E-state index contributed by atoms with van der Waals surface area (Å²) in [6, 6.07) is 21.1. The molecule has 0 amide bonds. The number of hydrogen-bond acceptors (Lipinski definition) is 3. The van der Waals surface area contributed by atoms with E-state index in [9.17, 15) is 0 Å². The number of thioether (sulfide) groups is 1. The highest BCUT2D eigenvalue weighted by Gasteiger charge is 1.91. The summed E-state index contributed by atoms with van der Waals surface area (Å²) >= 11 is 1.87. The van der Waals surface area contributed by atoms with Gasteiger partial charge in [-0.15, -0.1) is 11.8 Å². The summed E-state index contributed by atoms with van der Waals surface area (Å²) in [5.74, 6) is 2.09. The van der Waals surface area contributed by atoms with Crippen LogP contribution in [-0.2, 0) is 5.75 Å². The zero-order chi connectivity index (χ0) is 13.2. The van der Waals surface area contributed by atoms with Crippen LogP contribution in [0.2, 0.25) is 0 Å². The molecule has 0 nitrogen and oxygen atoms in total. The van der Waals surface area contributed by atoms with Crippen LogP contribution in [-0.4, -0.2) is 5.75 Å². The topological polar surface area (TPSA) is 0 Å². The third-order valence-electron chi connectivity index (χ3n) is 2.38. The van der Waals surface area contributed by atoms with Gasteiger partial charge in [0.2, 0.25) is 0 Å². The smallest absolute Gasteiger partial charge is 0.0291 e. The number of rotatable bonds is 7. The molecule has 0 heterocycles. The standard InChI is InChI=1S/C16H16S3/c1-3-8-15(9-4-1)14-19-18-13-7-12-17-16-10-5-2-6-11-16/h1-11,13H,12,14H2/b13-7+. The van der Waals surface area contributed by atoms with Gasteiger partial charge in [0, 0.05) is 16.4 Å². The van der Waals surface area contributed by atoms with E-state index < -0.39 is 0 Å². The van der Waals surface area contributed by atoms with Crippen molar-refractivity contribution in [2.75, 3.05) is 5.75 Å². The molecule has 0 spiro atoms. The molecule has 0 saturated carbocycles. The molecule has 0 N–H and O–H groups in total. The Labute approximate surface area is 127 Å². The normalized spacial score (nSPS) is 10.9. The predicted molar refractivity (Wildman–Crippen MR) is 91.6 cm³/mol. The third-order valence-corrected chi connectivity index (χ3v) is 5.33. The zero-order valence-corrected chi connectivity index (χ0v) is 13.0. The summed E-state index contributed by atoms with van der Waals surface area (Å²) < 4.78 is 0. The van der Waals surface area contributed by atoms with Crippen molar-refractivity contribution in [3.05, 3.63) is 77.7 Å². The summed E-state index contributed by atoms with van der Waals surface area (Å²) in [5.41, 5.74) is 1.38. The molecule has 0 saturated heterocycles. The lowest BCUT2D eigenvalue weighted by molar-refractivity contribution is 1.43. The summed E-state index contributed by atoms with van der Waals surface area (Å²) in [7, 11) is 3.68. The van der Waals surface area contributed by atoms with Gasteiger partial charge in [-0.1, -0.05) is 76.2 Å². The summed E-state index contributed by atoms with van der Waals surface area (Å²) in [6.07, 6.45) is 2.22. The second-order valence-electron chi connectivity index (χ2n) is 3.84. The SMILES string of the molecule is C(=C\SSCc1ccccc1)/CSc1ccccc1. The van der Waals surface area contributed by atoms with Crippen molar-refractivity contribution >= 4 is 33.3 Å². The van der Waals surface area contributed by atoms with Gasteiger partial charge in [-0.2, -0.15) is 0 Å². The Balaban J connectivity index is 1.57. The first-order chi connectivity index (χ1) is 9.45. The quantitative estimate of drug-likeness (QED) is 0.356. The van der Waals surface area contributed by atoms with Crippen molar-refractivity contribution in [3.8, 4) is 0 Å². The van der Waals surface area contributed by atoms with Crippen molar-refractivity contribution in [2.45, 2.75) is 10.6 Å². The maximum absolute atomic E-state index is 2.22. The summed E-state index contributed by atoms with van der Waals surface area (Å²) in [4.78, 5) is 1.33. The Bertz CT molecular complexity index is 480. The third kappa shape index (κ3) is 6.28. The van der Waals surface area contributed by atoms with E-state index in [0.29, 0.717) is 0 Å². The van der Waals surface area contributed by atoms with Crippen LogP contribution in [0, 0.1) is 0 Å². The summed E-state index contributed by atoms with van der Waals surface area (Å²) in [5, 5.41) is 2.18. The molecule has 0 radical (unpaired) electrons. The fourth-order valence-corrected chi connectivity index (χ4v) is 4.05. The predicted octanol–water partition coefficient (Wildman–Crippen LogP) is 5.87. The van der Waals surface area contributed by atoms with Gasteiger partial charge in [0.15, 0.2) is 0 Å². The van der Waals surface area contributed by atoms with Crippen molar-refractivity contribution in [1.29, 1.82) is 0 Å². The molecule has 0 aromatic heterocycles. The van der Waals surface area contributed by atoms with Gasteiger partial charge in [-0.3, -0.25) is 0 Å². The van der Waals surface area contributed by atoms with E-state index in [2.05, 4.69) is 72.1 Å². The van der Waals surface area contributed by atoms with Crippen LogP contribution in [0.4, 0.5) is 0 Å². The minimum Gasteiger partial charge on any atom is -0.122 e. The van der Waals surface area contributed by atoms with Gasteiger partial charge < -0.3 is 0 Å². The molecule has 0 aliphatic rings. The fraction of sp³-hybridized carbons (Fsp3) is 0.125. The fourth-order valence-electron chi connectivity index (χ4n) is 1.46. The highest BCUT2D eigenvalue weighted by atomic mass is 33.1. The molecule has 2 aromatic rings. The monoisotopic (exact) mass is 304 g/mol. The Morgan fingerprint density at radius 2 is 1.53 bits per heavy atom. The highest BCUT2D eigenvalue weighted by Crippen LogP contribution is 2.27. The first-order valence-electron chi connectivity index (χ1n) is 6.10. The van der Waals surface area contributed by atoms with Crippen LogP contribution in [0.15, 0.2) is 77.0 Å². The van der Waals surface area contributed by atoms with Gasteiger partial charge in [0.25, 0.3) is 0 Å². The Morgan fingerprint density at radius 3 is 2.26 bits per heavy atom. The lowest BCUT2D eigenvalue weighted by atomic mass is 10.2. The molecule has 2 aromatic carbocycles. The molecular weight excluding hydrogens is 288 g/mol. The molecule has 0 fully saturated rings. The van der Waals surface area contributed by atoms with Crippen LogP contribution >= 0.6 is 33.3 Å². The average Bonchev–Trinajstić information content (AvgIpc) is 2.48. The van der Waals surface area contributed by atoms with Crippen LogP contribution in [0.5, 0.6) is 0 Å². The molecule has 0 aliphatic carbocycles. The minimum absolute atomic E-state index is 1.03. The largest absolute Gasteiger partial charge is 0.122 e. The average molecular weight is 305 g/mol. The van der Waals surface area contributed by atoms with Crippen LogP contribution in [0.1, 0.15) is 5.56 Å². The molecule has 3 heteroatoms. The van der Waals surface area contributed by atoms with E-state index in [0.717, 1.165) is 11.5 Å². The molecule has 2 rings (SSSR count). The zero-order valence-electron chi connectivity index (χ0n) is 10.6. The van der Waals surface area contributed by atoms with E-state index in [-0.39, 0.29) is 0 Å². The first-order valence-corrected chi connectivity index (χ1v) is 9.47. The van der Waals surface area contributed by atoms with Crippen molar-refractivity contribution in [3.63, 3.8) is 0 Å². The minimum atomic E-state index is 1.03. The summed E-state index contributed by atoms with van der Waals surface area (Å²) in [6.45, 7) is 0. The van der Waals surface area contributed by atoms with Crippen LogP contribution in [0.25, 0.3) is 0 Å². The van der Waals surface area contributed by atoms with Crippen LogP contribution in [0.3, 0.4) is 0 Å². The van der Waals surface area contributed by atoms with Gasteiger partial charge in [0.1, 0.15) is 0 Å². The van der Waals surface area contributed by atoms with E-state index in [1.54, 1.807) is 10.8 Å². The Hall–Kier alpha value is -0.770. The van der Waals surface area contributed by atoms with E-state index in [1.807, 2.05) is 22.6 Å². The van der Waals surface area contributed by atoms with E-state index in [1.165, 1.54) is 10.5 Å². The van der Waals surface area contributed by atoms with Crippen molar-refractivity contribution in [2.24, 2.45) is 0 Å². The van der Waals surface area contributed by atoms with E-state index in [4.69, 9.17) is 0 Å². The Morgan fingerprint density at radius 1 is 0.842 bits per heavy atom. The lowest BCUT2D eigenvalue weighted by Gasteiger charge is -1.98. The first kappa shape index (κ1) is 14.6. The molecule has 98 valence electrons. The second-order valence-corrected chi connectivity index (χ2v) is 7.21. The maximum atomic E-state index is 2.22.